The molecule has 0 spiro atoms. The zero-order valence-corrected chi connectivity index (χ0v) is 18.4. The SMILES string of the molecule is O=C(NCc1cc(Cl)c2c(c1)OCCCO2)c1cccc(S(=O)(=O)N2CCOCC2)c1. The normalized spacial score (nSPS) is 17.1. The Balaban J connectivity index is 1.47. The average Bonchev–Trinajstić information content (AvgIpc) is 3.04. The van der Waals surface area contributed by atoms with E-state index in [9.17, 15) is 13.2 Å². The van der Waals surface area contributed by atoms with Crippen molar-refractivity contribution in [3.63, 3.8) is 0 Å². The lowest BCUT2D eigenvalue weighted by Gasteiger charge is -2.26. The highest BCUT2D eigenvalue weighted by atomic mass is 35.5. The van der Waals surface area contributed by atoms with Crippen molar-refractivity contribution in [2.75, 3.05) is 39.5 Å². The van der Waals surface area contributed by atoms with Gasteiger partial charge in [0.1, 0.15) is 0 Å². The van der Waals surface area contributed by atoms with Crippen LogP contribution in [0.25, 0.3) is 0 Å². The maximum Gasteiger partial charge on any atom is 0.251 e. The Morgan fingerprint density at radius 3 is 2.65 bits per heavy atom. The number of benzene rings is 2. The Morgan fingerprint density at radius 1 is 1.06 bits per heavy atom. The van der Waals surface area contributed by atoms with Crippen LogP contribution in [0.15, 0.2) is 41.3 Å². The second kappa shape index (κ2) is 9.44. The highest BCUT2D eigenvalue weighted by molar-refractivity contribution is 7.89. The van der Waals surface area contributed by atoms with Crippen molar-refractivity contribution in [1.82, 2.24) is 9.62 Å². The number of hydrogen-bond donors (Lipinski definition) is 1. The summed E-state index contributed by atoms with van der Waals surface area (Å²) in [6, 6.07) is 9.52. The van der Waals surface area contributed by atoms with Crippen molar-refractivity contribution in [3.8, 4) is 11.5 Å². The van der Waals surface area contributed by atoms with E-state index in [0.717, 1.165) is 12.0 Å². The predicted octanol–water partition coefficient (Wildman–Crippen LogP) is 2.45. The lowest BCUT2D eigenvalue weighted by Crippen LogP contribution is -2.40. The second-order valence-electron chi connectivity index (χ2n) is 7.18. The number of halogens is 1. The van der Waals surface area contributed by atoms with Gasteiger partial charge in [-0.25, -0.2) is 8.42 Å². The first-order valence-corrected chi connectivity index (χ1v) is 11.8. The van der Waals surface area contributed by atoms with Crippen LogP contribution < -0.4 is 14.8 Å². The highest BCUT2D eigenvalue weighted by Gasteiger charge is 2.27. The van der Waals surface area contributed by atoms with E-state index in [0.29, 0.717) is 56.0 Å². The van der Waals surface area contributed by atoms with Gasteiger partial charge >= 0.3 is 0 Å². The van der Waals surface area contributed by atoms with Crippen molar-refractivity contribution in [3.05, 3.63) is 52.5 Å². The molecule has 0 atom stereocenters. The maximum absolute atomic E-state index is 12.8. The number of amides is 1. The summed E-state index contributed by atoms with van der Waals surface area (Å²) in [7, 11) is -3.68. The minimum atomic E-state index is -3.68. The number of morpholine rings is 1. The van der Waals surface area contributed by atoms with E-state index in [1.165, 1.54) is 16.4 Å². The van der Waals surface area contributed by atoms with Gasteiger partial charge in [-0.05, 0) is 35.9 Å². The lowest BCUT2D eigenvalue weighted by atomic mass is 10.1. The molecule has 0 bridgehead atoms. The Kier molecular flexibility index (Phi) is 6.66. The molecule has 2 aliphatic heterocycles. The minimum Gasteiger partial charge on any atom is -0.489 e. The molecule has 4 rings (SSSR count). The molecule has 2 aliphatic rings. The third-order valence-electron chi connectivity index (χ3n) is 5.02. The van der Waals surface area contributed by atoms with Crippen LogP contribution >= 0.6 is 11.6 Å². The Labute approximate surface area is 186 Å². The highest BCUT2D eigenvalue weighted by Crippen LogP contribution is 2.38. The monoisotopic (exact) mass is 466 g/mol. The standard InChI is InChI=1S/C21H23ClN2O6S/c22-18-11-15(12-19-20(18)30-8-2-7-29-19)14-23-21(25)16-3-1-4-17(13-16)31(26,27)24-5-9-28-10-6-24/h1,3-4,11-13H,2,5-10,14H2,(H,23,25). The lowest BCUT2D eigenvalue weighted by molar-refractivity contribution is 0.0730. The summed E-state index contributed by atoms with van der Waals surface area (Å²) in [5.74, 6) is 0.672. The summed E-state index contributed by atoms with van der Waals surface area (Å²) in [5, 5.41) is 3.22. The van der Waals surface area contributed by atoms with Gasteiger partial charge in [0.05, 0.1) is 36.3 Å². The fourth-order valence-electron chi connectivity index (χ4n) is 3.40. The number of ether oxygens (including phenoxy) is 3. The van der Waals surface area contributed by atoms with E-state index >= 15 is 0 Å². The van der Waals surface area contributed by atoms with Gasteiger partial charge in [-0.3, -0.25) is 4.79 Å². The molecule has 0 unspecified atom stereocenters. The smallest absolute Gasteiger partial charge is 0.251 e. The van der Waals surface area contributed by atoms with Gasteiger partial charge in [-0.2, -0.15) is 4.31 Å². The van der Waals surface area contributed by atoms with Crippen LogP contribution in [0.3, 0.4) is 0 Å². The fraction of sp³-hybridized carbons (Fsp3) is 0.381. The third kappa shape index (κ3) is 4.95. The van der Waals surface area contributed by atoms with Crippen LogP contribution in [0, 0.1) is 0 Å². The molecule has 0 aromatic heterocycles. The average molecular weight is 467 g/mol. The van der Waals surface area contributed by atoms with Crippen molar-refractivity contribution in [2.45, 2.75) is 17.9 Å². The zero-order valence-electron chi connectivity index (χ0n) is 16.8. The maximum atomic E-state index is 12.8. The van der Waals surface area contributed by atoms with E-state index < -0.39 is 10.0 Å². The number of fused-ring (bicyclic) bond motifs is 1. The van der Waals surface area contributed by atoms with Crippen LogP contribution in [0.1, 0.15) is 22.3 Å². The summed E-state index contributed by atoms with van der Waals surface area (Å²) in [4.78, 5) is 12.8. The van der Waals surface area contributed by atoms with Crippen LogP contribution in [0.5, 0.6) is 11.5 Å². The van der Waals surface area contributed by atoms with Gasteiger partial charge in [0.2, 0.25) is 10.0 Å². The first kappa shape index (κ1) is 21.9. The van der Waals surface area contributed by atoms with E-state index in [1.54, 1.807) is 24.3 Å². The van der Waals surface area contributed by atoms with E-state index in [4.69, 9.17) is 25.8 Å². The Morgan fingerprint density at radius 2 is 1.84 bits per heavy atom. The first-order valence-electron chi connectivity index (χ1n) is 9.99. The molecule has 166 valence electrons. The number of nitrogens with one attached hydrogen (secondary N) is 1. The van der Waals surface area contributed by atoms with Gasteiger partial charge in [-0.1, -0.05) is 17.7 Å². The molecule has 1 amide bonds. The van der Waals surface area contributed by atoms with Crippen LogP contribution in [-0.2, 0) is 21.3 Å². The minimum absolute atomic E-state index is 0.0840. The summed E-state index contributed by atoms with van der Waals surface area (Å²) in [6.45, 7) is 2.58. The van der Waals surface area contributed by atoms with Gasteiger partial charge in [-0.15, -0.1) is 0 Å². The predicted molar refractivity (Wildman–Crippen MR) is 114 cm³/mol. The number of carbonyl (C=O) groups excluding carboxylic acids is 1. The number of hydrogen-bond acceptors (Lipinski definition) is 6. The first-order chi connectivity index (χ1) is 14.9. The summed E-state index contributed by atoms with van der Waals surface area (Å²) >= 11 is 6.30. The molecule has 10 heteroatoms. The Hall–Kier alpha value is -2.33. The van der Waals surface area contributed by atoms with Crippen molar-refractivity contribution >= 4 is 27.5 Å². The molecule has 2 aromatic rings. The molecule has 2 aromatic carbocycles. The van der Waals surface area contributed by atoms with Gasteiger partial charge in [0.15, 0.2) is 11.5 Å². The fourth-order valence-corrected chi connectivity index (χ4v) is 5.15. The molecule has 31 heavy (non-hydrogen) atoms. The zero-order chi connectivity index (χ0) is 21.8. The second-order valence-corrected chi connectivity index (χ2v) is 9.53. The van der Waals surface area contributed by atoms with E-state index in [1.807, 2.05) is 0 Å². The molecule has 0 saturated carbocycles. The van der Waals surface area contributed by atoms with Crippen LogP contribution in [0.2, 0.25) is 5.02 Å². The van der Waals surface area contributed by atoms with Crippen molar-refractivity contribution in [1.29, 1.82) is 0 Å². The number of carbonyl (C=O) groups is 1. The quantitative estimate of drug-likeness (QED) is 0.727. The number of rotatable bonds is 5. The van der Waals surface area contributed by atoms with Crippen LogP contribution in [0.4, 0.5) is 0 Å². The molecular formula is C21H23ClN2O6S. The largest absolute Gasteiger partial charge is 0.489 e. The topological polar surface area (TPSA) is 94.2 Å². The van der Waals surface area contributed by atoms with Gasteiger partial charge < -0.3 is 19.5 Å². The third-order valence-corrected chi connectivity index (χ3v) is 7.19. The molecule has 1 fully saturated rings. The molecule has 1 N–H and O–H groups in total. The molecule has 0 radical (unpaired) electrons. The van der Waals surface area contributed by atoms with Crippen molar-refractivity contribution in [2.24, 2.45) is 0 Å². The van der Waals surface area contributed by atoms with Gasteiger partial charge in [0.25, 0.3) is 5.91 Å². The molecule has 8 nitrogen and oxygen atoms in total. The van der Waals surface area contributed by atoms with Gasteiger partial charge in [0, 0.05) is 31.6 Å². The van der Waals surface area contributed by atoms with Crippen molar-refractivity contribution < 1.29 is 27.4 Å². The molecular weight excluding hydrogens is 444 g/mol. The molecule has 1 saturated heterocycles. The molecule has 0 aliphatic carbocycles. The van der Waals surface area contributed by atoms with E-state index in [-0.39, 0.29) is 22.9 Å². The summed E-state index contributed by atoms with van der Waals surface area (Å²) in [6.07, 6.45) is 0.765. The summed E-state index contributed by atoms with van der Waals surface area (Å²) in [5.41, 5.74) is 1.01. The molecule has 2 heterocycles. The van der Waals surface area contributed by atoms with E-state index in [2.05, 4.69) is 5.32 Å². The van der Waals surface area contributed by atoms with Crippen LogP contribution in [-0.4, -0.2) is 58.1 Å². The number of nitrogens with zero attached hydrogens (tertiary/aromatic N) is 1. The number of sulfonamides is 1. The Bertz CT molecular complexity index is 1070. The summed E-state index contributed by atoms with van der Waals surface area (Å²) < 4.78 is 43.6.